The third-order valence-electron chi connectivity index (χ3n) is 2.60. The van der Waals surface area contributed by atoms with Gasteiger partial charge in [0, 0.05) is 12.1 Å². The van der Waals surface area contributed by atoms with E-state index in [9.17, 15) is 0 Å². The van der Waals surface area contributed by atoms with E-state index in [0.29, 0.717) is 0 Å². The van der Waals surface area contributed by atoms with Crippen LogP contribution in [0.25, 0.3) is 0 Å². The molecule has 0 bridgehead atoms. The Morgan fingerprint density at radius 1 is 0.900 bits per heavy atom. The van der Waals surface area contributed by atoms with Gasteiger partial charge in [0.25, 0.3) is 0 Å². The van der Waals surface area contributed by atoms with Crippen LogP contribution in [0.15, 0.2) is 64.6 Å². The van der Waals surface area contributed by atoms with Crippen molar-refractivity contribution in [3.8, 4) is 11.8 Å². The summed E-state index contributed by atoms with van der Waals surface area (Å²) in [5.74, 6) is 6.28. The lowest BCUT2D eigenvalue weighted by Crippen LogP contribution is -1.77. The highest BCUT2D eigenvalue weighted by Gasteiger charge is 1.95. The molecule has 2 heteroatoms. The molecule has 0 fully saturated rings. The Morgan fingerprint density at radius 3 is 2.45 bits per heavy atom. The van der Waals surface area contributed by atoms with Gasteiger partial charge in [-0.3, -0.25) is 0 Å². The molecule has 0 aromatic heterocycles. The third-order valence-corrected chi connectivity index (χ3v) is 2.60. The second-order valence-electron chi connectivity index (χ2n) is 4.23. The minimum Gasteiger partial charge on any atom is -0.225 e. The van der Waals surface area contributed by atoms with E-state index in [0.717, 1.165) is 29.8 Å². The number of aliphatic imine (C=N–C) groups is 2. The van der Waals surface area contributed by atoms with E-state index in [4.69, 9.17) is 0 Å². The first kappa shape index (κ1) is 13.8. The second kappa shape index (κ2) is 7.74. The van der Waals surface area contributed by atoms with Crippen molar-refractivity contribution < 1.29 is 0 Å². The molecule has 0 aliphatic heterocycles. The maximum Gasteiger partial charge on any atom is 0.0949 e. The second-order valence-corrected chi connectivity index (χ2v) is 4.23. The zero-order valence-corrected chi connectivity index (χ0v) is 11.5. The first-order chi connectivity index (χ1) is 9.90. The third kappa shape index (κ3) is 4.24. The topological polar surface area (TPSA) is 24.7 Å². The minimum absolute atomic E-state index is 0.751. The lowest BCUT2D eigenvalue weighted by Gasteiger charge is -1.95. The van der Waals surface area contributed by atoms with Gasteiger partial charge in [0.15, 0.2) is 0 Å². The van der Waals surface area contributed by atoms with Crippen LogP contribution in [0.3, 0.4) is 0 Å². The Bertz CT molecular complexity index is 669. The Labute approximate surface area is 119 Å². The molecule has 0 N–H and O–H groups in total. The molecular weight excluding hydrogens is 244 g/mol. The fourth-order valence-electron chi connectivity index (χ4n) is 1.59. The zero-order chi connectivity index (χ0) is 14.0. The SMILES string of the molecule is CCCN=C=Nc1ccccc1C#Cc1ccccc1. The molecule has 0 spiro atoms. The summed E-state index contributed by atoms with van der Waals surface area (Å²) in [7, 11) is 0. The summed E-state index contributed by atoms with van der Waals surface area (Å²) in [6, 6.07) is 20.4. The summed E-state index contributed by atoms with van der Waals surface area (Å²) in [6.07, 6.45) is 0.998. The molecule has 0 saturated carbocycles. The number of nitrogens with zero attached hydrogens (tertiary/aromatic N) is 2. The molecule has 0 radical (unpaired) electrons. The summed E-state index contributed by atoms with van der Waals surface area (Å²) in [6.45, 7) is 2.83. The average molecular weight is 260 g/mol. The van der Waals surface area contributed by atoms with Gasteiger partial charge in [-0.25, -0.2) is 4.99 Å². The van der Waals surface area contributed by atoms with Gasteiger partial charge in [0.2, 0.25) is 0 Å². The normalized spacial score (nSPS) is 9.05. The van der Waals surface area contributed by atoms with E-state index in [1.165, 1.54) is 0 Å². The number of hydrogen-bond acceptors (Lipinski definition) is 2. The molecule has 20 heavy (non-hydrogen) atoms. The van der Waals surface area contributed by atoms with E-state index in [1.807, 2.05) is 54.6 Å². The van der Waals surface area contributed by atoms with E-state index < -0.39 is 0 Å². The van der Waals surface area contributed by atoms with Crippen molar-refractivity contribution in [2.45, 2.75) is 13.3 Å². The fourth-order valence-corrected chi connectivity index (χ4v) is 1.59. The van der Waals surface area contributed by atoms with E-state index in [-0.39, 0.29) is 0 Å². The van der Waals surface area contributed by atoms with Crippen molar-refractivity contribution in [2.24, 2.45) is 9.98 Å². The monoisotopic (exact) mass is 260 g/mol. The quantitative estimate of drug-likeness (QED) is 0.580. The molecule has 0 aliphatic carbocycles. The van der Waals surface area contributed by atoms with Gasteiger partial charge < -0.3 is 0 Å². The smallest absolute Gasteiger partial charge is 0.0949 e. The fraction of sp³-hybridized carbons (Fsp3) is 0.167. The van der Waals surface area contributed by atoms with Crippen molar-refractivity contribution in [2.75, 3.05) is 6.54 Å². The van der Waals surface area contributed by atoms with Gasteiger partial charge >= 0.3 is 0 Å². The zero-order valence-electron chi connectivity index (χ0n) is 11.5. The molecular formula is C18H16N2. The summed E-state index contributed by atoms with van der Waals surface area (Å²) in [5, 5.41) is 0. The van der Waals surface area contributed by atoms with E-state index in [1.54, 1.807) is 0 Å². The molecule has 98 valence electrons. The Kier molecular flexibility index (Phi) is 5.34. The number of benzene rings is 2. The van der Waals surface area contributed by atoms with Gasteiger partial charge in [-0.05, 0) is 30.7 Å². The first-order valence-corrected chi connectivity index (χ1v) is 6.68. The number of para-hydroxylation sites is 1. The highest BCUT2D eigenvalue weighted by Crippen LogP contribution is 2.16. The van der Waals surface area contributed by atoms with Crippen molar-refractivity contribution in [1.82, 2.24) is 0 Å². The highest BCUT2D eigenvalue weighted by molar-refractivity contribution is 5.61. The summed E-state index contributed by atoms with van der Waals surface area (Å²) in [4.78, 5) is 8.32. The van der Waals surface area contributed by atoms with Gasteiger partial charge in [-0.1, -0.05) is 49.1 Å². The minimum atomic E-state index is 0.751. The Balaban J connectivity index is 2.25. The molecule has 0 heterocycles. The van der Waals surface area contributed by atoms with Gasteiger partial charge in [0.1, 0.15) is 0 Å². The van der Waals surface area contributed by atoms with E-state index in [2.05, 4.69) is 34.8 Å². The van der Waals surface area contributed by atoms with Crippen LogP contribution in [0.4, 0.5) is 5.69 Å². The highest BCUT2D eigenvalue weighted by atomic mass is 14.8. The summed E-state index contributed by atoms with van der Waals surface area (Å²) in [5.41, 5.74) is 2.68. The van der Waals surface area contributed by atoms with Crippen LogP contribution >= 0.6 is 0 Å². The summed E-state index contributed by atoms with van der Waals surface area (Å²) >= 11 is 0. The maximum atomic E-state index is 4.24. The predicted octanol–water partition coefficient (Wildman–Crippen LogP) is 4.30. The first-order valence-electron chi connectivity index (χ1n) is 6.68. The van der Waals surface area contributed by atoms with Crippen molar-refractivity contribution >= 4 is 11.7 Å². The van der Waals surface area contributed by atoms with E-state index >= 15 is 0 Å². The van der Waals surface area contributed by atoms with Crippen LogP contribution in [-0.4, -0.2) is 12.6 Å². The molecule has 2 nitrogen and oxygen atoms in total. The molecule has 0 saturated heterocycles. The van der Waals surface area contributed by atoms with Crippen LogP contribution in [0, 0.1) is 11.8 Å². The lowest BCUT2D eigenvalue weighted by atomic mass is 10.1. The number of rotatable bonds is 3. The van der Waals surface area contributed by atoms with Crippen LogP contribution in [-0.2, 0) is 0 Å². The summed E-state index contributed by atoms with van der Waals surface area (Å²) < 4.78 is 0. The maximum absolute atomic E-state index is 4.24. The van der Waals surface area contributed by atoms with Crippen LogP contribution in [0.1, 0.15) is 24.5 Å². The van der Waals surface area contributed by atoms with Crippen LogP contribution < -0.4 is 0 Å². The largest absolute Gasteiger partial charge is 0.225 e. The standard InChI is InChI=1S/C18H16N2/c1-2-14-19-15-20-18-11-7-6-10-17(18)13-12-16-8-4-3-5-9-16/h3-11H,2,14H2,1H3. The number of hydrogen-bond donors (Lipinski definition) is 0. The van der Waals surface area contributed by atoms with Gasteiger partial charge in [-0.15, -0.1) is 0 Å². The van der Waals surface area contributed by atoms with Crippen molar-refractivity contribution in [3.05, 3.63) is 65.7 Å². The Morgan fingerprint density at radius 2 is 1.65 bits per heavy atom. The van der Waals surface area contributed by atoms with Crippen molar-refractivity contribution in [1.29, 1.82) is 0 Å². The predicted molar refractivity (Wildman–Crippen MR) is 83.5 cm³/mol. The molecule has 2 aromatic rings. The lowest BCUT2D eigenvalue weighted by molar-refractivity contribution is 0.937. The van der Waals surface area contributed by atoms with Gasteiger partial charge in [-0.2, -0.15) is 4.99 Å². The average Bonchev–Trinajstić information content (AvgIpc) is 2.51. The molecule has 0 aliphatic rings. The molecule has 0 amide bonds. The molecule has 2 aromatic carbocycles. The molecule has 0 unspecified atom stereocenters. The van der Waals surface area contributed by atoms with Crippen LogP contribution in [0.5, 0.6) is 0 Å². The van der Waals surface area contributed by atoms with Crippen molar-refractivity contribution in [3.63, 3.8) is 0 Å². The van der Waals surface area contributed by atoms with Crippen LogP contribution in [0.2, 0.25) is 0 Å². The molecule has 2 rings (SSSR count). The Hall–Kier alpha value is -2.62. The molecule has 0 atom stereocenters. The van der Waals surface area contributed by atoms with Gasteiger partial charge in [0.05, 0.1) is 17.3 Å².